The average Bonchev–Trinajstić information content (AvgIpc) is 1.79. The molecule has 0 aromatic carbocycles. The second-order valence-electron chi connectivity index (χ2n) is 2.92. The molecular formula is C8H14O3. The van der Waals surface area contributed by atoms with Gasteiger partial charge in [0.25, 0.3) is 0 Å². The number of hydrogen-bond acceptors (Lipinski definition) is 2. The number of aliphatic carboxylic acids is 1. The Hall–Kier alpha value is -0.830. The maximum atomic E-state index is 10.2. The molecule has 0 aliphatic heterocycles. The molecule has 0 saturated heterocycles. The highest BCUT2D eigenvalue weighted by Gasteiger charge is 2.18. The topological polar surface area (TPSA) is 57.5 Å². The van der Waals surface area contributed by atoms with Crippen LogP contribution in [0.5, 0.6) is 0 Å². The largest absolute Gasteiger partial charge is 0.478 e. The van der Waals surface area contributed by atoms with E-state index < -0.39 is 11.6 Å². The Balaban J connectivity index is 4.54. The van der Waals surface area contributed by atoms with Crippen LogP contribution in [-0.2, 0) is 4.79 Å². The second kappa shape index (κ2) is 3.53. The Morgan fingerprint density at radius 2 is 2.00 bits per heavy atom. The standard InChI is InChI=1S/C8H14O3/c1-4-6(5-7(9)10)8(2,3)11/h5,11H,4H2,1-3H3,(H,9,10)/b6-5+. The van der Waals surface area contributed by atoms with Crippen molar-refractivity contribution in [2.24, 2.45) is 0 Å². The fourth-order valence-corrected chi connectivity index (χ4v) is 0.860. The van der Waals surface area contributed by atoms with Gasteiger partial charge in [0.05, 0.1) is 5.60 Å². The SMILES string of the molecule is CC/C(=C\C(=O)O)C(C)(C)O. The average molecular weight is 158 g/mol. The van der Waals surface area contributed by atoms with Crippen molar-refractivity contribution < 1.29 is 15.0 Å². The molecule has 2 N–H and O–H groups in total. The highest BCUT2D eigenvalue weighted by molar-refractivity contribution is 5.81. The van der Waals surface area contributed by atoms with E-state index >= 15 is 0 Å². The molecule has 3 nitrogen and oxygen atoms in total. The van der Waals surface area contributed by atoms with Gasteiger partial charge < -0.3 is 10.2 Å². The molecule has 0 fully saturated rings. The molecule has 0 amide bonds. The first-order valence-corrected chi connectivity index (χ1v) is 3.54. The maximum absolute atomic E-state index is 10.2. The first-order valence-electron chi connectivity index (χ1n) is 3.54. The van der Waals surface area contributed by atoms with Crippen molar-refractivity contribution in [3.05, 3.63) is 11.6 Å². The second-order valence-corrected chi connectivity index (χ2v) is 2.92. The van der Waals surface area contributed by atoms with Crippen molar-refractivity contribution in [2.75, 3.05) is 0 Å². The third-order valence-electron chi connectivity index (χ3n) is 1.46. The molecular weight excluding hydrogens is 144 g/mol. The summed E-state index contributed by atoms with van der Waals surface area (Å²) in [4.78, 5) is 10.2. The zero-order valence-corrected chi connectivity index (χ0v) is 7.09. The molecule has 0 unspecified atom stereocenters. The zero-order chi connectivity index (χ0) is 9.07. The van der Waals surface area contributed by atoms with Crippen LogP contribution >= 0.6 is 0 Å². The van der Waals surface area contributed by atoms with E-state index in [1.54, 1.807) is 13.8 Å². The maximum Gasteiger partial charge on any atom is 0.328 e. The Bertz CT molecular complexity index is 174. The van der Waals surface area contributed by atoms with Gasteiger partial charge in [0.1, 0.15) is 0 Å². The number of carboxylic acids is 1. The van der Waals surface area contributed by atoms with E-state index in [2.05, 4.69) is 0 Å². The highest BCUT2D eigenvalue weighted by Crippen LogP contribution is 2.17. The molecule has 11 heavy (non-hydrogen) atoms. The van der Waals surface area contributed by atoms with Crippen LogP contribution in [-0.4, -0.2) is 21.8 Å². The predicted molar refractivity (Wildman–Crippen MR) is 42.3 cm³/mol. The van der Waals surface area contributed by atoms with Crippen molar-refractivity contribution in [2.45, 2.75) is 32.8 Å². The minimum Gasteiger partial charge on any atom is -0.478 e. The lowest BCUT2D eigenvalue weighted by Gasteiger charge is -2.19. The van der Waals surface area contributed by atoms with Crippen molar-refractivity contribution in [1.82, 2.24) is 0 Å². The van der Waals surface area contributed by atoms with E-state index in [1.807, 2.05) is 6.92 Å². The van der Waals surface area contributed by atoms with Crippen molar-refractivity contribution >= 4 is 5.97 Å². The number of carbonyl (C=O) groups is 1. The van der Waals surface area contributed by atoms with Crippen LogP contribution in [0.4, 0.5) is 0 Å². The van der Waals surface area contributed by atoms with Gasteiger partial charge in [0, 0.05) is 6.08 Å². The molecule has 0 saturated carbocycles. The normalized spacial score (nSPS) is 13.3. The number of aliphatic hydroxyl groups is 1. The molecule has 64 valence electrons. The number of hydrogen-bond donors (Lipinski definition) is 2. The van der Waals surface area contributed by atoms with Gasteiger partial charge in [-0.1, -0.05) is 6.92 Å². The molecule has 0 aromatic heterocycles. The fourth-order valence-electron chi connectivity index (χ4n) is 0.860. The lowest BCUT2D eigenvalue weighted by atomic mass is 9.96. The van der Waals surface area contributed by atoms with Crippen molar-refractivity contribution in [1.29, 1.82) is 0 Å². The van der Waals surface area contributed by atoms with Gasteiger partial charge in [-0.3, -0.25) is 0 Å². The van der Waals surface area contributed by atoms with Gasteiger partial charge in [-0.05, 0) is 25.8 Å². The Labute approximate surface area is 66.4 Å². The Morgan fingerprint density at radius 3 is 2.09 bits per heavy atom. The van der Waals surface area contributed by atoms with Gasteiger partial charge in [-0.15, -0.1) is 0 Å². The van der Waals surface area contributed by atoms with E-state index in [0.29, 0.717) is 12.0 Å². The lowest BCUT2D eigenvalue weighted by Crippen LogP contribution is -2.22. The van der Waals surface area contributed by atoms with E-state index in [9.17, 15) is 9.90 Å². The van der Waals surface area contributed by atoms with Gasteiger partial charge in [-0.2, -0.15) is 0 Å². The number of carboxylic acid groups (broad SMARTS) is 1. The molecule has 0 heterocycles. The molecule has 0 spiro atoms. The van der Waals surface area contributed by atoms with Crippen LogP contribution in [0.1, 0.15) is 27.2 Å². The lowest BCUT2D eigenvalue weighted by molar-refractivity contribution is -0.131. The molecule has 0 aromatic rings. The van der Waals surface area contributed by atoms with E-state index in [1.165, 1.54) is 0 Å². The van der Waals surface area contributed by atoms with Crippen LogP contribution in [0.15, 0.2) is 11.6 Å². The third-order valence-corrected chi connectivity index (χ3v) is 1.46. The van der Waals surface area contributed by atoms with Crippen molar-refractivity contribution in [3.63, 3.8) is 0 Å². The van der Waals surface area contributed by atoms with Gasteiger partial charge >= 0.3 is 5.97 Å². The molecule has 3 heteroatoms. The van der Waals surface area contributed by atoms with Crippen LogP contribution in [0.3, 0.4) is 0 Å². The molecule has 0 atom stereocenters. The van der Waals surface area contributed by atoms with Crippen molar-refractivity contribution in [3.8, 4) is 0 Å². The first-order chi connectivity index (χ1) is 4.88. The zero-order valence-electron chi connectivity index (χ0n) is 7.09. The Kier molecular flexibility index (Phi) is 3.26. The van der Waals surface area contributed by atoms with E-state index in [0.717, 1.165) is 6.08 Å². The molecule has 0 aliphatic rings. The third kappa shape index (κ3) is 3.78. The highest BCUT2D eigenvalue weighted by atomic mass is 16.4. The molecule has 0 aliphatic carbocycles. The summed E-state index contributed by atoms with van der Waals surface area (Å²) in [6.07, 6.45) is 1.61. The van der Waals surface area contributed by atoms with Crippen LogP contribution in [0, 0.1) is 0 Å². The first kappa shape index (κ1) is 10.2. The number of rotatable bonds is 3. The molecule has 0 bridgehead atoms. The minimum atomic E-state index is -1.02. The van der Waals surface area contributed by atoms with E-state index in [4.69, 9.17) is 5.11 Å². The van der Waals surface area contributed by atoms with Gasteiger partial charge in [-0.25, -0.2) is 4.79 Å². The summed E-state index contributed by atoms with van der Waals surface area (Å²) in [5.41, 5.74) is -0.488. The smallest absolute Gasteiger partial charge is 0.328 e. The van der Waals surface area contributed by atoms with Crippen LogP contribution in [0.25, 0.3) is 0 Å². The van der Waals surface area contributed by atoms with Gasteiger partial charge in [0.15, 0.2) is 0 Å². The monoisotopic (exact) mass is 158 g/mol. The molecule has 0 rings (SSSR count). The summed E-state index contributed by atoms with van der Waals surface area (Å²) in [6, 6.07) is 0. The van der Waals surface area contributed by atoms with Gasteiger partial charge in [0.2, 0.25) is 0 Å². The van der Waals surface area contributed by atoms with E-state index in [-0.39, 0.29) is 0 Å². The predicted octanol–water partition coefficient (Wildman–Crippen LogP) is 1.18. The summed E-state index contributed by atoms with van der Waals surface area (Å²) in [6.45, 7) is 4.96. The summed E-state index contributed by atoms with van der Waals surface area (Å²) in [5, 5.41) is 17.8. The Morgan fingerprint density at radius 1 is 1.55 bits per heavy atom. The quantitative estimate of drug-likeness (QED) is 0.606. The fraction of sp³-hybridized carbons (Fsp3) is 0.625. The summed E-state index contributed by atoms with van der Waals surface area (Å²) < 4.78 is 0. The van der Waals surface area contributed by atoms with Crippen LogP contribution < -0.4 is 0 Å². The summed E-state index contributed by atoms with van der Waals surface area (Å²) >= 11 is 0. The van der Waals surface area contributed by atoms with Crippen LogP contribution in [0.2, 0.25) is 0 Å². The summed E-state index contributed by atoms with van der Waals surface area (Å²) in [5.74, 6) is -1.01. The minimum absolute atomic E-state index is 0.532. The molecule has 0 radical (unpaired) electrons. The summed E-state index contributed by atoms with van der Waals surface area (Å²) in [7, 11) is 0.